The highest BCUT2D eigenvalue weighted by Crippen LogP contribution is 2.12. The first-order chi connectivity index (χ1) is 8.15. The summed E-state index contributed by atoms with van der Waals surface area (Å²) in [5.74, 6) is 0.682. The molecule has 0 spiro atoms. The van der Waals surface area contributed by atoms with Gasteiger partial charge in [0, 0.05) is 12.1 Å². The van der Waals surface area contributed by atoms with Crippen LogP contribution in [-0.4, -0.2) is 45.3 Å². The number of hydrogen-bond acceptors (Lipinski definition) is 4. The van der Waals surface area contributed by atoms with Crippen molar-refractivity contribution in [3.8, 4) is 0 Å². The zero-order valence-corrected chi connectivity index (χ0v) is 10.5. The van der Waals surface area contributed by atoms with Crippen LogP contribution in [0, 0.1) is 0 Å². The van der Waals surface area contributed by atoms with Gasteiger partial charge in [0.05, 0.1) is 6.54 Å². The molecular formula is C11H21N5O. The molecule has 0 aromatic carbocycles. The monoisotopic (exact) mass is 239 g/mol. The van der Waals surface area contributed by atoms with Crippen molar-refractivity contribution >= 4 is 0 Å². The highest BCUT2D eigenvalue weighted by molar-refractivity contribution is 4.84. The minimum atomic E-state index is -0.239. The minimum Gasteiger partial charge on any atom is -0.307 e. The molecule has 0 amide bonds. The maximum atomic E-state index is 10.9. The highest BCUT2D eigenvalue weighted by Gasteiger charge is 2.20. The van der Waals surface area contributed by atoms with Crippen LogP contribution in [0.5, 0.6) is 0 Å². The molecule has 0 unspecified atom stereocenters. The average Bonchev–Trinajstić information content (AvgIpc) is 2.73. The summed E-state index contributed by atoms with van der Waals surface area (Å²) >= 11 is 0. The number of hydrogen-bond donors (Lipinski definition) is 3. The van der Waals surface area contributed by atoms with E-state index in [1.165, 1.54) is 0 Å². The van der Waals surface area contributed by atoms with Gasteiger partial charge in [-0.3, -0.25) is 4.98 Å². The van der Waals surface area contributed by atoms with Crippen LogP contribution in [0.1, 0.15) is 32.5 Å². The standard InChI is InChI=1S/C11H21N5O/c1-8(2)16-5-3-9(4-6-16)12-7-10-13-11(17)15-14-10/h8-9,12H,3-7H2,1-2H3,(H2,13,14,15,17). The minimum absolute atomic E-state index is 0.239. The van der Waals surface area contributed by atoms with Crippen molar-refractivity contribution in [2.24, 2.45) is 0 Å². The summed E-state index contributed by atoms with van der Waals surface area (Å²) in [6.45, 7) is 7.40. The van der Waals surface area contributed by atoms with Crippen LogP contribution in [0.2, 0.25) is 0 Å². The maximum absolute atomic E-state index is 10.9. The van der Waals surface area contributed by atoms with Gasteiger partial charge in [0.1, 0.15) is 5.82 Å². The Balaban J connectivity index is 1.73. The fraction of sp³-hybridized carbons (Fsp3) is 0.818. The van der Waals surface area contributed by atoms with E-state index in [1.54, 1.807) is 0 Å². The van der Waals surface area contributed by atoms with Crippen molar-refractivity contribution in [1.29, 1.82) is 0 Å². The molecule has 1 aromatic rings. The van der Waals surface area contributed by atoms with E-state index in [0.717, 1.165) is 25.9 Å². The Kier molecular flexibility index (Phi) is 3.96. The summed E-state index contributed by atoms with van der Waals surface area (Å²) in [6.07, 6.45) is 2.32. The van der Waals surface area contributed by atoms with Gasteiger partial charge in [-0.05, 0) is 39.8 Å². The molecule has 1 aliphatic rings. The van der Waals surface area contributed by atoms with Gasteiger partial charge in [-0.15, -0.1) is 0 Å². The summed E-state index contributed by atoms with van der Waals surface area (Å²) in [4.78, 5) is 16.0. The van der Waals surface area contributed by atoms with E-state index in [9.17, 15) is 4.79 Å². The molecule has 2 rings (SSSR count). The first-order valence-electron chi connectivity index (χ1n) is 6.26. The molecule has 0 saturated carbocycles. The van der Waals surface area contributed by atoms with Crippen molar-refractivity contribution < 1.29 is 0 Å². The molecular weight excluding hydrogens is 218 g/mol. The highest BCUT2D eigenvalue weighted by atomic mass is 16.1. The number of rotatable bonds is 4. The SMILES string of the molecule is CC(C)N1CCC(NCc2n[nH]c(=O)[nH]2)CC1. The van der Waals surface area contributed by atoms with Crippen molar-refractivity contribution in [3.63, 3.8) is 0 Å². The van der Waals surface area contributed by atoms with E-state index in [0.29, 0.717) is 24.5 Å². The van der Waals surface area contributed by atoms with Gasteiger partial charge in [0.25, 0.3) is 0 Å². The zero-order chi connectivity index (χ0) is 12.3. The molecule has 6 heteroatoms. The third kappa shape index (κ3) is 3.41. The Labute approximate surface area is 101 Å². The number of nitrogens with one attached hydrogen (secondary N) is 3. The normalized spacial score (nSPS) is 19.0. The average molecular weight is 239 g/mol. The predicted molar refractivity (Wildman–Crippen MR) is 65.8 cm³/mol. The second kappa shape index (κ2) is 5.46. The molecule has 3 N–H and O–H groups in total. The third-order valence-corrected chi connectivity index (χ3v) is 3.37. The molecule has 1 fully saturated rings. The Morgan fingerprint density at radius 2 is 2.18 bits per heavy atom. The summed E-state index contributed by atoms with van der Waals surface area (Å²) in [7, 11) is 0. The lowest BCUT2D eigenvalue weighted by Gasteiger charge is -2.34. The van der Waals surface area contributed by atoms with Gasteiger partial charge in [0.15, 0.2) is 0 Å². The van der Waals surface area contributed by atoms with Gasteiger partial charge in [0.2, 0.25) is 0 Å². The van der Waals surface area contributed by atoms with Crippen molar-refractivity contribution in [1.82, 2.24) is 25.4 Å². The Bertz CT molecular complexity index is 389. The van der Waals surface area contributed by atoms with E-state index in [4.69, 9.17) is 0 Å². The van der Waals surface area contributed by atoms with Crippen LogP contribution in [0.25, 0.3) is 0 Å². The predicted octanol–water partition coefficient (Wildman–Crippen LogP) is 0.0604. The van der Waals surface area contributed by atoms with Crippen LogP contribution in [0.3, 0.4) is 0 Å². The Morgan fingerprint density at radius 3 is 2.71 bits per heavy atom. The third-order valence-electron chi connectivity index (χ3n) is 3.37. The number of aromatic nitrogens is 3. The lowest BCUT2D eigenvalue weighted by atomic mass is 10.0. The van der Waals surface area contributed by atoms with Gasteiger partial charge in [-0.25, -0.2) is 9.89 Å². The number of likely N-dealkylation sites (tertiary alicyclic amines) is 1. The van der Waals surface area contributed by atoms with E-state index in [2.05, 4.69) is 39.2 Å². The summed E-state index contributed by atoms with van der Waals surface area (Å²) in [6, 6.07) is 1.17. The number of nitrogens with zero attached hydrogens (tertiary/aromatic N) is 2. The van der Waals surface area contributed by atoms with E-state index in [1.807, 2.05) is 0 Å². The van der Waals surface area contributed by atoms with Crippen LogP contribution in [-0.2, 0) is 6.54 Å². The van der Waals surface area contributed by atoms with E-state index >= 15 is 0 Å². The fourth-order valence-electron chi connectivity index (χ4n) is 2.25. The molecule has 1 aliphatic heterocycles. The first kappa shape index (κ1) is 12.3. The molecule has 17 heavy (non-hydrogen) atoms. The summed E-state index contributed by atoms with van der Waals surface area (Å²) < 4.78 is 0. The molecule has 6 nitrogen and oxygen atoms in total. The number of H-pyrrole nitrogens is 2. The Morgan fingerprint density at radius 1 is 1.47 bits per heavy atom. The summed E-state index contributed by atoms with van der Waals surface area (Å²) in [5, 5.41) is 9.68. The van der Waals surface area contributed by atoms with Crippen molar-refractivity contribution in [2.45, 2.75) is 45.3 Å². The van der Waals surface area contributed by atoms with E-state index < -0.39 is 0 Å². The molecule has 0 radical (unpaired) electrons. The molecule has 1 saturated heterocycles. The zero-order valence-electron chi connectivity index (χ0n) is 10.5. The largest absolute Gasteiger partial charge is 0.340 e. The van der Waals surface area contributed by atoms with Gasteiger partial charge < -0.3 is 10.2 Å². The van der Waals surface area contributed by atoms with E-state index in [-0.39, 0.29) is 5.69 Å². The second-order valence-electron chi connectivity index (χ2n) is 4.91. The fourth-order valence-corrected chi connectivity index (χ4v) is 2.25. The molecule has 1 aromatic heterocycles. The van der Waals surface area contributed by atoms with Crippen LogP contribution < -0.4 is 11.0 Å². The van der Waals surface area contributed by atoms with Gasteiger partial charge in [-0.1, -0.05) is 0 Å². The van der Waals surface area contributed by atoms with Crippen molar-refractivity contribution in [3.05, 3.63) is 16.3 Å². The molecule has 2 heterocycles. The molecule has 0 aliphatic carbocycles. The number of piperidine rings is 1. The molecule has 96 valence electrons. The molecule has 0 bridgehead atoms. The topological polar surface area (TPSA) is 76.8 Å². The first-order valence-corrected chi connectivity index (χ1v) is 6.26. The van der Waals surface area contributed by atoms with Crippen LogP contribution in [0.15, 0.2) is 4.79 Å². The maximum Gasteiger partial charge on any atom is 0.340 e. The second-order valence-corrected chi connectivity index (χ2v) is 4.91. The lowest BCUT2D eigenvalue weighted by molar-refractivity contribution is 0.160. The van der Waals surface area contributed by atoms with Gasteiger partial charge in [-0.2, -0.15) is 5.10 Å². The Hall–Kier alpha value is -1.14. The quantitative estimate of drug-likeness (QED) is 0.694. The van der Waals surface area contributed by atoms with Crippen molar-refractivity contribution in [2.75, 3.05) is 13.1 Å². The molecule has 0 atom stereocenters. The van der Waals surface area contributed by atoms with Crippen LogP contribution in [0.4, 0.5) is 0 Å². The van der Waals surface area contributed by atoms with Gasteiger partial charge >= 0.3 is 5.69 Å². The van der Waals surface area contributed by atoms with Crippen LogP contribution >= 0.6 is 0 Å². The summed E-state index contributed by atoms with van der Waals surface area (Å²) in [5.41, 5.74) is -0.239. The lowest BCUT2D eigenvalue weighted by Crippen LogP contribution is -2.44. The smallest absolute Gasteiger partial charge is 0.307 e. The number of aromatic amines is 2.